The summed E-state index contributed by atoms with van der Waals surface area (Å²) < 4.78 is 13.7. The van der Waals surface area contributed by atoms with Crippen molar-refractivity contribution in [3.05, 3.63) is 77.7 Å². The minimum atomic E-state index is -0.299. The molecule has 0 aliphatic carbocycles. The van der Waals surface area contributed by atoms with Crippen molar-refractivity contribution in [2.75, 3.05) is 0 Å². The largest absolute Gasteiger partial charge is 0.348 e. The first kappa shape index (κ1) is 17.4. The molecular weight excluding hydrogens is 343 g/mol. The number of halogens is 1. The van der Waals surface area contributed by atoms with Gasteiger partial charge in [0, 0.05) is 24.6 Å². The van der Waals surface area contributed by atoms with Crippen molar-refractivity contribution < 1.29 is 9.18 Å². The summed E-state index contributed by atoms with van der Waals surface area (Å²) in [6, 6.07) is 16.2. The second-order valence-electron chi connectivity index (χ2n) is 6.76. The van der Waals surface area contributed by atoms with E-state index in [4.69, 9.17) is 0 Å². The molecule has 0 unspecified atom stereocenters. The highest BCUT2D eigenvalue weighted by Gasteiger charge is 2.30. The summed E-state index contributed by atoms with van der Waals surface area (Å²) in [6.07, 6.45) is 2.97. The maximum atomic E-state index is 13.7. The second kappa shape index (κ2) is 7.72. The van der Waals surface area contributed by atoms with Crippen molar-refractivity contribution in [3.8, 4) is 11.3 Å². The molecule has 1 aliphatic heterocycles. The molecule has 138 valence electrons. The van der Waals surface area contributed by atoms with Crippen molar-refractivity contribution >= 4 is 5.91 Å². The highest BCUT2D eigenvalue weighted by molar-refractivity contribution is 5.77. The van der Waals surface area contributed by atoms with E-state index in [9.17, 15) is 9.18 Å². The fraction of sp³-hybridized carbons (Fsp3) is 0.238. The zero-order valence-corrected chi connectivity index (χ0v) is 14.8. The number of piperidine rings is 1. The second-order valence-corrected chi connectivity index (χ2v) is 6.76. The number of benzene rings is 2. The maximum absolute atomic E-state index is 13.7. The number of nitrogens with one attached hydrogen (secondary N) is 3. The van der Waals surface area contributed by atoms with E-state index in [1.807, 2.05) is 42.6 Å². The molecular formula is C21H21FN4O. The van der Waals surface area contributed by atoms with Gasteiger partial charge in [0.1, 0.15) is 5.82 Å². The molecule has 2 atom stereocenters. The van der Waals surface area contributed by atoms with Crippen LogP contribution in [0.4, 0.5) is 4.39 Å². The molecule has 3 aromatic rings. The number of aromatic amines is 1. The molecule has 1 saturated heterocycles. The van der Waals surface area contributed by atoms with Gasteiger partial charge in [-0.05, 0) is 29.7 Å². The topological polar surface area (TPSA) is 69.8 Å². The molecule has 4 rings (SSSR count). The minimum absolute atomic E-state index is 0.00408. The Morgan fingerprint density at radius 1 is 1.15 bits per heavy atom. The van der Waals surface area contributed by atoms with Crippen LogP contribution in [0, 0.1) is 5.82 Å². The summed E-state index contributed by atoms with van der Waals surface area (Å²) in [5.74, 6) is -0.303. The van der Waals surface area contributed by atoms with Gasteiger partial charge in [0.15, 0.2) is 0 Å². The quantitative estimate of drug-likeness (QED) is 0.650. The van der Waals surface area contributed by atoms with E-state index in [0.29, 0.717) is 19.4 Å². The molecule has 27 heavy (non-hydrogen) atoms. The minimum Gasteiger partial charge on any atom is -0.348 e. The highest BCUT2D eigenvalue weighted by Crippen LogP contribution is 2.26. The predicted octanol–water partition coefficient (Wildman–Crippen LogP) is 3.33. The first-order valence-corrected chi connectivity index (χ1v) is 9.06. The number of H-pyrrole nitrogens is 1. The van der Waals surface area contributed by atoms with Crippen molar-refractivity contribution in [2.45, 2.75) is 31.5 Å². The molecule has 0 spiro atoms. The number of rotatable bonds is 5. The molecule has 0 bridgehead atoms. The monoisotopic (exact) mass is 364 g/mol. The molecule has 2 heterocycles. The van der Waals surface area contributed by atoms with Crippen molar-refractivity contribution in [1.82, 2.24) is 20.8 Å². The molecule has 1 aliphatic rings. The van der Waals surface area contributed by atoms with Crippen LogP contribution in [0.3, 0.4) is 0 Å². The zero-order chi connectivity index (χ0) is 18.6. The number of nitrogens with zero attached hydrogens (tertiary/aromatic N) is 1. The van der Waals surface area contributed by atoms with Crippen LogP contribution in [0.5, 0.6) is 0 Å². The van der Waals surface area contributed by atoms with E-state index in [1.54, 1.807) is 6.07 Å². The average molecular weight is 364 g/mol. The maximum Gasteiger partial charge on any atom is 0.220 e. The summed E-state index contributed by atoms with van der Waals surface area (Å²) in [5.41, 5.74) is 3.88. The third kappa shape index (κ3) is 3.90. The van der Waals surface area contributed by atoms with Crippen LogP contribution in [0.15, 0.2) is 60.8 Å². The van der Waals surface area contributed by atoms with Crippen LogP contribution in [0.25, 0.3) is 11.3 Å². The average Bonchev–Trinajstić information content (AvgIpc) is 3.16. The highest BCUT2D eigenvalue weighted by atomic mass is 19.1. The Hall–Kier alpha value is -2.99. The molecule has 1 fully saturated rings. The number of hydrogen-bond donors (Lipinski definition) is 3. The number of amides is 1. The van der Waals surface area contributed by atoms with Gasteiger partial charge in [0.25, 0.3) is 0 Å². The van der Waals surface area contributed by atoms with Crippen LogP contribution in [0.1, 0.15) is 30.0 Å². The fourth-order valence-electron chi connectivity index (χ4n) is 3.58. The Balaban J connectivity index is 1.52. The number of aromatic nitrogens is 2. The molecule has 3 N–H and O–H groups in total. The summed E-state index contributed by atoms with van der Waals surface area (Å²) >= 11 is 0. The fourth-order valence-corrected chi connectivity index (χ4v) is 3.58. The van der Waals surface area contributed by atoms with Gasteiger partial charge >= 0.3 is 0 Å². The Morgan fingerprint density at radius 3 is 2.81 bits per heavy atom. The third-order valence-electron chi connectivity index (χ3n) is 4.94. The molecule has 2 aromatic carbocycles. The third-order valence-corrected chi connectivity index (χ3v) is 4.94. The Morgan fingerprint density at radius 2 is 2.00 bits per heavy atom. The standard InChI is InChI=1S/C21H21FN4O/c22-17-8-4-7-15(11-17)21-18(9-10-19(27)25-21)23-12-16-13-24-26-20(16)14-5-2-1-3-6-14/h1-8,11,13,18,21,23H,9-10,12H2,(H,24,26)(H,25,27)/t18-,21+/m1/s1. The first-order valence-electron chi connectivity index (χ1n) is 9.06. The normalized spacial score (nSPS) is 19.7. The van der Waals surface area contributed by atoms with Gasteiger partial charge in [-0.25, -0.2) is 4.39 Å². The number of hydrogen-bond acceptors (Lipinski definition) is 3. The Kier molecular flexibility index (Phi) is 4.98. The molecule has 0 radical (unpaired) electrons. The van der Waals surface area contributed by atoms with Gasteiger partial charge in [-0.3, -0.25) is 9.89 Å². The van der Waals surface area contributed by atoms with E-state index >= 15 is 0 Å². The van der Waals surface area contributed by atoms with Gasteiger partial charge in [-0.2, -0.15) is 5.10 Å². The lowest BCUT2D eigenvalue weighted by Gasteiger charge is -2.33. The van der Waals surface area contributed by atoms with Gasteiger partial charge in [0.2, 0.25) is 5.91 Å². The van der Waals surface area contributed by atoms with E-state index in [0.717, 1.165) is 22.4 Å². The van der Waals surface area contributed by atoms with E-state index < -0.39 is 0 Å². The van der Waals surface area contributed by atoms with E-state index in [-0.39, 0.29) is 23.8 Å². The molecule has 6 heteroatoms. The number of carbonyl (C=O) groups is 1. The SMILES string of the molecule is O=C1CC[C@@H](NCc2cn[nH]c2-c2ccccc2)[C@H](c2cccc(F)c2)N1. The molecule has 5 nitrogen and oxygen atoms in total. The van der Waals surface area contributed by atoms with E-state index in [1.165, 1.54) is 12.1 Å². The van der Waals surface area contributed by atoms with Crippen LogP contribution < -0.4 is 10.6 Å². The molecule has 1 aromatic heterocycles. The summed E-state index contributed by atoms with van der Waals surface area (Å²) in [6.45, 7) is 0.604. The first-order chi connectivity index (χ1) is 13.2. The van der Waals surface area contributed by atoms with Crippen LogP contribution >= 0.6 is 0 Å². The van der Waals surface area contributed by atoms with Crippen molar-refractivity contribution in [3.63, 3.8) is 0 Å². The lowest BCUT2D eigenvalue weighted by Crippen LogP contribution is -2.48. The number of carbonyl (C=O) groups excluding carboxylic acids is 1. The van der Waals surface area contributed by atoms with Crippen molar-refractivity contribution in [1.29, 1.82) is 0 Å². The van der Waals surface area contributed by atoms with Crippen molar-refractivity contribution in [2.24, 2.45) is 0 Å². The summed E-state index contributed by atoms with van der Waals surface area (Å²) in [4.78, 5) is 11.9. The van der Waals surface area contributed by atoms with Gasteiger partial charge in [-0.1, -0.05) is 42.5 Å². The van der Waals surface area contributed by atoms with Gasteiger partial charge < -0.3 is 10.6 Å². The predicted molar refractivity (Wildman–Crippen MR) is 101 cm³/mol. The van der Waals surface area contributed by atoms with Crippen LogP contribution in [-0.4, -0.2) is 22.1 Å². The summed E-state index contributed by atoms with van der Waals surface area (Å²) in [7, 11) is 0. The van der Waals surface area contributed by atoms with E-state index in [2.05, 4.69) is 20.8 Å². The van der Waals surface area contributed by atoms with Crippen LogP contribution in [0.2, 0.25) is 0 Å². The smallest absolute Gasteiger partial charge is 0.220 e. The lowest BCUT2D eigenvalue weighted by molar-refractivity contribution is -0.123. The Bertz CT molecular complexity index is 925. The zero-order valence-electron chi connectivity index (χ0n) is 14.8. The van der Waals surface area contributed by atoms with Gasteiger partial charge in [0.05, 0.1) is 17.9 Å². The van der Waals surface area contributed by atoms with Crippen LogP contribution in [-0.2, 0) is 11.3 Å². The molecule has 0 saturated carbocycles. The summed E-state index contributed by atoms with van der Waals surface area (Å²) in [5, 5.41) is 13.8. The lowest BCUT2D eigenvalue weighted by atomic mass is 9.91. The van der Waals surface area contributed by atoms with Gasteiger partial charge in [-0.15, -0.1) is 0 Å². The Labute approximate surface area is 157 Å². The molecule has 1 amide bonds.